The molecule has 3 aliphatic heterocycles. The Labute approximate surface area is 121 Å². The lowest BCUT2D eigenvalue weighted by Gasteiger charge is -2.32. The Morgan fingerprint density at radius 2 is 2.10 bits per heavy atom. The zero-order chi connectivity index (χ0) is 15.6. The van der Waals surface area contributed by atoms with Crippen LogP contribution in [0.5, 0.6) is 0 Å². The normalized spacial score (nSPS) is 45.8. The van der Waals surface area contributed by atoms with Crippen LogP contribution in [0.4, 0.5) is 0 Å². The van der Waals surface area contributed by atoms with E-state index in [1.807, 2.05) is 0 Å². The highest BCUT2D eigenvalue weighted by atomic mass is 32.2. The molecule has 3 saturated heterocycles. The molecule has 9 heteroatoms. The van der Waals surface area contributed by atoms with Crippen molar-refractivity contribution in [1.82, 2.24) is 0 Å². The van der Waals surface area contributed by atoms with Crippen molar-refractivity contribution >= 4 is 16.1 Å². The van der Waals surface area contributed by atoms with Crippen LogP contribution in [0.15, 0.2) is 12.2 Å². The van der Waals surface area contributed by atoms with Gasteiger partial charge >= 0.3 is 5.97 Å². The van der Waals surface area contributed by atoms with E-state index in [-0.39, 0.29) is 12.0 Å². The summed E-state index contributed by atoms with van der Waals surface area (Å²) in [5, 5.41) is 18.2. The summed E-state index contributed by atoms with van der Waals surface area (Å²) in [7, 11) is -3.95. The Kier molecular flexibility index (Phi) is 3.03. The van der Waals surface area contributed by atoms with Crippen molar-refractivity contribution in [3.63, 3.8) is 0 Å². The van der Waals surface area contributed by atoms with Gasteiger partial charge in [-0.2, -0.15) is 8.42 Å². The Hall–Kier alpha value is -1.00. The lowest BCUT2D eigenvalue weighted by atomic mass is 9.78. The Balaban J connectivity index is 2.04. The van der Waals surface area contributed by atoms with E-state index < -0.39 is 58.0 Å². The molecule has 0 aromatic rings. The summed E-state index contributed by atoms with van der Waals surface area (Å²) < 4.78 is 39.9. The van der Waals surface area contributed by atoms with Crippen LogP contribution in [-0.4, -0.2) is 66.5 Å². The molecule has 0 saturated carbocycles. The number of esters is 1. The summed E-state index contributed by atoms with van der Waals surface area (Å²) in [6.45, 7) is 3.74. The number of ether oxygens (including phenoxy) is 2. The number of aliphatic hydroxyl groups is 2. The average molecular weight is 320 g/mol. The molecule has 0 spiro atoms. The molecule has 2 N–H and O–H groups in total. The fourth-order valence-electron chi connectivity index (χ4n) is 3.41. The molecule has 3 heterocycles. The maximum absolute atomic E-state index is 12.0. The number of aliphatic hydroxyl groups excluding tert-OH is 2. The lowest BCUT2D eigenvalue weighted by molar-refractivity contribution is -0.160. The van der Waals surface area contributed by atoms with Crippen LogP contribution in [0.2, 0.25) is 0 Å². The summed E-state index contributed by atoms with van der Waals surface area (Å²) in [5.41, 5.74) is -2.75. The first-order valence-corrected chi connectivity index (χ1v) is 7.90. The number of carbonyl (C=O) groups excluding carboxylic acids is 1. The van der Waals surface area contributed by atoms with Crippen LogP contribution in [0, 0.1) is 0 Å². The van der Waals surface area contributed by atoms with E-state index in [1.54, 1.807) is 0 Å². The van der Waals surface area contributed by atoms with Crippen molar-refractivity contribution in [3.8, 4) is 0 Å². The highest BCUT2D eigenvalue weighted by molar-refractivity contribution is 7.87. The molecule has 118 valence electrons. The quantitative estimate of drug-likeness (QED) is 0.364. The topological polar surface area (TPSA) is 119 Å². The summed E-state index contributed by atoms with van der Waals surface area (Å²) >= 11 is 0. The highest BCUT2D eigenvalue weighted by Gasteiger charge is 2.81. The maximum atomic E-state index is 12.0. The lowest BCUT2D eigenvalue weighted by Crippen LogP contribution is -2.55. The van der Waals surface area contributed by atoms with Gasteiger partial charge in [0.1, 0.15) is 22.6 Å². The van der Waals surface area contributed by atoms with Gasteiger partial charge in [0.2, 0.25) is 0 Å². The van der Waals surface area contributed by atoms with Crippen LogP contribution in [0.1, 0.15) is 13.3 Å². The first-order valence-electron chi connectivity index (χ1n) is 6.43. The number of fused-ring (bicyclic) bond motifs is 1. The van der Waals surface area contributed by atoms with Crippen LogP contribution in [0.3, 0.4) is 0 Å². The average Bonchev–Trinajstić information content (AvgIpc) is 2.94. The number of rotatable bonds is 4. The van der Waals surface area contributed by atoms with Gasteiger partial charge in [-0.15, -0.1) is 0 Å². The summed E-state index contributed by atoms with van der Waals surface area (Å²) in [4.78, 5) is 11.7. The minimum absolute atomic E-state index is 0.100. The van der Waals surface area contributed by atoms with E-state index in [0.29, 0.717) is 0 Å². The van der Waals surface area contributed by atoms with Gasteiger partial charge in [0.05, 0.1) is 13.2 Å². The van der Waals surface area contributed by atoms with E-state index in [2.05, 4.69) is 6.58 Å². The number of hydrogen-bond acceptors (Lipinski definition) is 8. The Morgan fingerprint density at radius 3 is 2.62 bits per heavy atom. The second-order valence-electron chi connectivity index (χ2n) is 5.75. The third kappa shape index (κ3) is 1.69. The first-order chi connectivity index (χ1) is 9.72. The molecular weight excluding hydrogens is 304 g/mol. The van der Waals surface area contributed by atoms with Gasteiger partial charge in [0, 0.05) is 12.0 Å². The Bertz CT molecular complexity index is 613. The molecule has 5 unspecified atom stereocenters. The standard InChI is InChI=1S/C12H16O8S/c1-6(2)10(15)18-8-9-12(5-14)7(21(16,17)19-9)3-11(8,4-13)20-12/h7-9,13-14H,1,3-5H2,2H3. The predicted octanol–water partition coefficient (Wildman–Crippen LogP) is -1.53. The molecule has 3 rings (SSSR count). The molecule has 0 aliphatic carbocycles. The highest BCUT2D eigenvalue weighted by Crippen LogP contribution is 2.59. The smallest absolute Gasteiger partial charge is 0.333 e. The van der Waals surface area contributed by atoms with Crippen LogP contribution >= 0.6 is 0 Å². The second kappa shape index (κ2) is 4.26. The first kappa shape index (κ1) is 14.9. The van der Waals surface area contributed by atoms with Gasteiger partial charge in [0.25, 0.3) is 10.1 Å². The molecule has 2 bridgehead atoms. The largest absolute Gasteiger partial charge is 0.453 e. The minimum Gasteiger partial charge on any atom is -0.453 e. The van der Waals surface area contributed by atoms with Crippen LogP contribution in [0.25, 0.3) is 0 Å². The Morgan fingerprint density at radius 1 is 1.43 bits per heavy atom. The molecule has 3 aliphatic rings. The van der Waals surface area contributed by atoms with Crippen molar-refractivity contribution < 1.29 is 37.1 Å². The van der Waals surface area contributed by atoms with Gasteiger partial charge < -0.3 is 19.7 Å². The summed E-state index contributed by atoms with van der Waals surface area (Å²) in [6, 6.07) is 0. The fraction of sp³-hybridized carbons (Fsp3) is 0.750. The van der Waals surface area contributed by atoms with E-state index in [9.17, 15) is 23.4 Å². The zero-order valence-electron chi connectivity index (χ0n) is 11.3. The van der Waals surface area contributed by atoms with E-state index in [1.165, 1.54) is 6.92 Å². The van der Waals surface area contributed by atoms with Crippen molar-refractivity contribution in [2.75, 3.05) is 13.2 Å². The fourth-order valence-corrected chi connectivity index (χ4v) is 5.32. The molecule has 0 aromatic carbocycles. The van der Waals surface area contributed by atoms with Gasteiger partial charge in [0.15, 0.2) is 6.10 Å². The van der Waals surface area contributed by atoms with Crippen LogP contribution in [-0.2, 0) is 28.6 Å². The van der Waals surface area contributed by atoms with E-state index in [4.69, 9.17) is 13.7 Å². The summed E-state index contributed by atoms with van der Waals surface area (Å²) in [6.07, 6.45) is -2.38. The molecular formula is C12H16O8S. The molecule has 0 amide bonds. The van der Waals surface area contributed by atoms with Crippen molar-refractivity contribution in [2.24, 2.45) is 0 Å². The molecule has 0 radical (unpaired) electrons. The van der Waals surface area contributed by atoms with Gasteiger partial charge in [-0.3, -0.25) is 4.18 Å². The third-order valence-electron chi connectivity index (χ3n) is 4.43. The number of carbonyl (C=O) groups is 1. The maximum Gasteiger partial charge on any atom is 0.333 e. The monoisotopic (exact) mass is 320 g/mol. The van der Waals surface area contributed by atoms with Gasteiger partial charge in [-0.1, -0.05) is 6.58 Å². The summed E-state index contributed by atoms with van der Waals surface area (Å²) in [5.74, 6) is -0.735. The van der Waals surface area contributed by atoms with Gasteiger partial charge in [-0.05, 0) is 6.92 Å². The molecule has 8 nitrogen and oxygen atoms in total. The molecule has 3 fully saturated rings. The van der Waals surface area contributed by atoms with E-state index in [0.717, 1.165) is 0 Å². The SMILES string of the molecule is C=C(C)C(=O)OC1C2OS(=O)(=O)C3CC1(CO)OC23CO. The van der Waals surface area contributed by atoms with Crippen molar-refractivity contribution in [2.45, 2.75) is 42.0 Å². The molecule has 21 heavy (non-hydrogen) atoms. The predicted molar refractivity (Wildman–Crippen MR) is 67.6 cm³/mol. The third-order valence-corrected chi connectivity index (χ3v) is 6.17. The minimum atomic E-state index is -3.95. The zero-order valence-corrected chi connectivity index (χ0v) is 12.1. The van der Waals surface area contributed by atoms with E-state index >= 15 is 0 Å². The number of hydrogen-bond donors (Lipinski definition) is 2. The van der Waals surface area contributed by atoms with Gasteiger partial charge in [-0.25, -0.2) is 4.79 Å². The second-order valence-corrected chi connectivity index (χ2v) is 7.49. The molecule has 5 atom stereocenters. The molecule has 0 aromatic heterocycles. The van der Waals surface area contributed by atoms with Crippen LogP contribution < -0.4 is 0 Å². The van der Waals surface area contributed by atoms with Crippen molar-refractivity contribution in [3.05, 3.63) is 12.2 Å². The van der Waals surface area contributed by atoms with Crippen molar-refractivity contribution in [1.29, 1.82) is 0 Å².